The van der Waals surface area contributed by atoms with E-state index >= 15 is 0 Å². The predicted octanol–water partition coefficient (Wildman–Crippen LogP) is 2.13. The van der Waals surface area contributed by atoms with Gasteiger partial charge in [0.05, 0.1) is 0 Å². The molecule has 0 aromatic carbocycles. The van der Waals surface area contributed by atoms with Gasteiger partial charge in [-0.05, 0) is 22.4 Å². The van der Waals surface area contributed by atoms with Crippen molar-refractivity contribution in [2.45, 2.75) is 33.1 Å². The molecule has 0 bridgehead atoms. The molecule has 0 atom stereocenters. The van der Waals surface area contributed by atoms with Crippen molar-refractivity contribution in [3.05, 3.63) is 16.5 Å². The molecule has 0 unspecified atom stereocenters. The van der Waals surface area contributed by atoms with Crippen molar-refractivity contribution in [1.82, 2.24) is 15.3 Å². The number of carbonyl (C=O) groups is 1. The van der Waals surface area contributed by atoms with Gasteiger partial charge in [-0.15, -0.1) is 0 Å². The third kappa shape index (κ3) is 5.44. The standard InChI is InChI=1S/C12H19BrN4O/c1-3-6-15-12(18)5-7-14-11-8-9(13)16-10(4-2)17-11/h8H,3-7H2,1-2H3,(H,15,18)(H,14,16,17). The van der Waals surface area contributed by atoms with Crippen LogP contribution in [0.4, 0.5) is 5.82 Å². The first-order chi connectivity index (χ1) is 8.65. The third-order valence-corrected chi connectivity index (χ3v) is 2.69. The summed E-state index contributed by atoms with van der Waals surface area (Å²) in [5.74, 6) is 1.59. The molecule has 1 aromatic heterocycles. The number of anilines is 1. The van der Waals surface area contributed by atoms with Crippen molar-refractivity contribution in [1.29, 1.82) is 0 Å². The molecule has 100 valence electrons. The molecule has 1 rings (SSSR count). The van der Waals surface area contributed by atoms with Crippen molar-refractivity contribution in [2.75, 3.05) is 18.4 Å². The fourth-order valence-corrected chi connectivity index (χ4v) is 1.79. The first-order valence-corrected chi connectivity index (χ1v) is 6.99. The fraction of sp³-hybridized carbons (Fsp3) is 0.583. The summed E-state index contributed by atoms with van der Waals surface area (Å²) >= 11 is 3.34. The average molecular weight is 315 g/mol. The Hall–Kier alpha value is -1.17. The molecule has 0 aliphatic rings. The first-order valence-electron chi connectivity index (χ1n) is 6.19. The molecule has 1 heterocycles. The molecule has 0 spiro atoms. The first kappa shape index (κ1) is 14.9. The van der Waals surface area contributed by atoms with Gasteiger partial charge in [0.15, 0.2) is 0 Å². The van der Waals surface area contributed by atoms with Gasteiger partial charge in [-0.25, -0.2) is 9.97 Å². The smallest absolute Gasteiger partial charge is 0.221 e. The van der Waals surface area contributed by atoms with E-state index in [0.29, 0.717) is 13.0 Å². The van der Waals surface area contributed by atoms with Gasteiger partial charge in [0.2, 0.25) is 5.91 Å². The third-order valence-electron chi connectivity index (χ3n) is 2.29. The number of amides is 1. The van der Waals surface area contributed by atoms with Gasteiger partial charge in [-0.3, -0.25) is 4.79 Å². The van der Waals surface area contributed by atoms with Crippen LogP contribution in [-0.2, 0) is 11.2 Å². The molecule has 0 aliphatic heterocycles. The Kier molecular flexibility index (Phi) is 6.64. The Morgan fingerprint density at radius 3 is 2.78 bits per heavy atom. The molecule has 1 amide bonds. The molecular weight excluding hydrogens is 296 g/mol. The van der Waals surface area contributed by atoms with Crippen LogP contribution >= 0.6 is 15.9 Å². The zero-order valence-electron chi connectivity index (χ0n) is 10.8. The zero-order valence-corrected chi connectivity index (χ0v) is 12.4. The van der Waals surface area contributed by atoms with Gasteiger partial charge < -0.3 is 10.6 Å². The number of hydrogen-bond donors (Lipinski definition) is 2. The summed E-state index contributed by atoms with van der Waals surface area (Å²) in [6.07, 6.45) is 2.19. The van der Waals surface area contributed by atoms with E-state index in [0.717, 1.165) is 35.6 Å². The zero-order chi connectivity index (χ0) is 13.4. The lowest BCUT2D eigenvalue weighted by Gasteiger charge is -2.07. The highest BCUT2D eigenvalue weighted by Gasteiger charge is 2.03. The highest BCUT2D eigenvalue weighted by Crippen LogP contribution is 2.12. The molecule has 0 saturated carbocycles. The van der Waals surface area contributed by atoms with Crippen LogP contribution in [0, 0.1) is 0 Å². The maximum absolute atomic E-state index is 11.4. The predicted molar refractivity (Wildman–Crippen MR) is 75.5 cm³/mol. The van der Waals surface area contributed by atoms with E-state index in [4.69, 9.17) is 0 Å². The largest absolute Gasteiger partial charge is 0.369 e. The van der Waals surface area contributed by atoms with Crippen LogP contribution in [0.3, 0.4) is 0 Å². The van der Waals surface area contributed by atoms with Crippen LogP contribution in [0.25, 0.3) is 0 Å². The molecule has 6 heteroatoms. The van der Waals surface area contributed by atoms with Gasteiger partial charge in [0.25, 0.3) is 0 Å². The van der Waals surface area contributed by atoms with E-state index in [9.17, 15) is 4.79 Å². The topological polar surface area (TPSA) is 66.9 Å². The van der Waals surface area contributed by atoms with Gasteiger partial charge in [-0.1, -0.05) is 13.8 Å². The summed E-state index contributed by atoms with van der Waals surface area (Å²) in [5.41, 5.74) is 0. The molecule has 0 fully saturated rings. The SMILES string of the molecule is CCCNC(=O)CCNc1cc(Br)nc(CC)n1. The number of hydrogen-bond acceptors (Lipinski definition) is 4. The quantitative estimate of drug-likeness (QED) is 0.757. The van der Waals surface area contributed by atoms with Crippen molar-refractivity contribution in [3.8, 4) is 0 Å². The Bertz CT molecular complexity index is 398. The highest BCUT2D eigenvalue weighted by atomic mass is 79.9. The minimum atomic E-state index is 0.0631. The lowest BCUT2D eigenvalue weighted by molar-refractivity contribution is -0.120. The van der Waals surface area contributed by atoms with E-state index < -0.39 is 0 Å². The van der Waals surface area contributed by atoms with Crippen LogP contribution in [0.5, 0.6) is 0 Å². The number of nitrogens with one attached hydrogen (secondary N) is 2. The Morgan fingerprint density at radius 1 is 1.33 bits per heavy atom. The molecule has 18 heavy (non-hydrogen) atoms. The minimum Gasteiger partial charge on any atom is -0.369 e. The summed E-state index contributed by atoms with van der Waals surface area (Å²) < 4.78 is 0.757. The van der Waals surface area contributed by atoms with E-state index in [1.54, 1.807) is 0 Å². The Labute approximate surface area is 116 Å². The average Bonchev–Trinajstić information content (AvgIpc) is 2.35. The number of aromatic nitrogens is 2. The van der Waals surface area contributed by atoms with E-state index in [1.165, 1.54) is 0 Å². The van der Waals surface area contributed by atoms with E-state index in [1.807, 2.05) is 19.9 Å². The van der Waals surface area contributed by atoms with Gasteiger partial charge in [-0.2, -0.15) is 0 Å². The lowest BCUT2D eigenvalue weighted by Crippen LogP contribution is -2.26. The van der Waals surface area contributed by atoms with E-state index in [-0.39, 0.29) is 5.91 Å². The molecule has 0 saturated heterocycles. The van der Waals surface area contributed by atoms with Crippen molar-refractivity contribution >= 4 is 27.7 Å². The van der Waals surface area contributed by atoms with Crippen molar-refractivity contribution < 1.29 is 4.79 Å². The second-order valence-corrected chi connectivity index (χ2v) is 4.68. The number of halogens is 1. The normalized spacial score (nSPS) is 10.2. The van der Waals surface area contributed by atoms with Crippen LogP contribution in [0.1, 0.15) is 32.5 Å². The van der Waals surface area contributed by atoms with Gasteiger partial charge >= 0.3 is 0 Å². The molecular formula is C12H19BrN4O. The Balaban J connectivity index is 2.39. The second-order valence-electron chi connectivity index (χ2n) is 3.87. The van der Waals surface area contributed by atoms with Gasteiger partial charge in [0, 0.05) is 32.0 Å². The van der Waals surface area contributed by atoms with Gasteiger partial charge in [0.1, 0.15) is 16.2 Å². The number of nitrogens with zero attached hydrogens (tertiary/aromatic N) is 2. The molecule has 1 aromatic rings. The lowest BCUT2D eigenvalue weighted by atomic mass is 10.3. The van der Waals surface area contributed by atoms with Crippen molar-refractivity contribution in [3.63, 3.8) is 0 Å². The monoisotopic (exact) mass is 314 g/mol. The summed E-state index contributed by atoms with van der Waals surface area (Å²) in [6, 6.07) is 1.81. The summed E-state index contributed by atoms with van der Waals surface area (Å²) in [6.45, 7) is 5.34. The summed E-state index contributed by atoms with van der Waals surface area (Å²) in [4.78, 5) is 19.9. The summed E-state index contributed by atoms with van der Waals surface area (Å²) in [7, 11) is 0. The minimum absolute atomic E-state index is 0.0631. The Morgan fingerprint density at radius 2 is 2.11 bits per heavy atom. The van der Waals surface area contributed by atoms with Crippen molar-refractivity contribution in [2.24, 2.45) is 0 Å². The molecule has 2 N–H and O–H groups in total. The number of carbonyl (C=O) groups excluding carboxylic acids is 1. The highest BCUT2D eigenvalue weighted by molar-refractivity contribution is 9.10. The van der Waals surface area contributed by atoms with Crippen LogP contribution < -0.4 is 10.6 Å². The van der Waals surface area contributed by atoms with Crippen LogP contribution in [-0.4, -0.2) is 29.0 Å². The fourth-order valence-electron chi connectivity index (χ4n) is 1.37. The van der Waals surface area contributed by atoms with Crippen LogP contribution in [0.2, 0.25) is 0 Å². The molecule has 5 nitrogen and oxygen atoms in total. The number of aryl methyl sites for hydroxylation is 1. The van der Waals surface area contributed by atoms with Crippen LogP contribution in [0.15, 0.2) is 10.7 Å². The maximum Gasteiger partial charge on any atom is 0.221 e. The summed E-state index contributed by atoms with van der Waals surface area (Å²) in [5, 5.41) is 5.96. The second kappa shape index (κ2) is 8.02. The number of rotatable bonds is 7. The molecule has 0 aliphatic carbocycles. The maximum atomic E-state index is 11.4. The van der Waals surface area contributed by atoms with E-state index in [2.05, 4.69) is 36.5 Å². The molecule has 0 radical (unpaired) electrons.